The number of hydrogen-bond donors (Lipinski definition) is 2. The minimum atomic E-state index is -1.00. The molecule has 188 valence electrons. The highest BCUT2D eigenvalue weighted by Crippen LogP contribution is 2.44. The van der Waals surface area contributed by atoms with Gasteiger partial charge in [-0.15, -0.1) is 0 Å². The monoisotopic (exact) mass is 480 g/mol. The van der Waals surface area contributed by atoms with E-state index in [2.05, 4.69) is 36.5 Å². The second-order valence-electron chi connectivity index (χ2n) is 9.04. The Labute approximate surface area is 207 Å². The van der Waals surface area contributed by atoms with E-state index in [1.165, 1.54) is 27.2 Å². The average molecular weight is 481 g/mol. The number of fused-ring (bicyclic) bond motifs is 3. The van der Waals surface area contributed by atoms with Crippen molar-refractivity contribution < 1.29 is 24.2 Å². The highest BCUT2D eigenvalue weighted by atomic mass is 16.5. The number of carbonyl (C=O) groups is 3. The molecule has 1 unspecified atom stereocenters. The van der Waals surface area contributed by atoms with Crippen molar-refractivity contribution in [2.75, 3.05) is 26.2 Å². The van der Waals surface area contributed by atoms with Crippen molar-refractivity contribution in [2.24, 2.45) is 5.92 Å². The first-order chi connectivity index (χ1) is 16.9. The first kappa shape index (κ1) is 26.3. The van der Waals surface area contributed by atoms with E-state index in [1.807, 2.05) is 24.3 Å². The number of benzene rings is 2. The van der Waals surface area contributed by atoms with E-state index in [0.717, 1.165) is 19.3 Å². The molecule has 1 aliphatic carbocycles. The maximum atomic E-state index is 12.4. The molecule has 7 heteroatoms. The fraction of sp³-hybridized carbons (Fsp3) is 0.464. The van der Waals surface area contributed by atoms with E-state index < -0.39 is 12.1 Å². The number of nitrogens with zero attached hydrogens (tertiary/aromatic N) is 1. The zero-order chi connectivity index (χ0) is 25.2. The average Bonchev–Trinajstić information content (AvgIpc) is 3.18. The van der Waals surface area contributed by atoms with Crippen LogP contribution >= 0.6 is 0 Å². The summed E-state index contributed by atoms with van der Waals surface area (Å²) < 4.78 is 5.60. The van der Waals surface area contributed by atoms with Gasteiger partial charge in [-0.05, 0) is 47.9 Å². The van der Waals surface area contributed by atoms with Crippen LogP contribution in [0, 0.1) is 5.92 Å². The maximum absolute atomic E-state index is 12.4. The highest BCUT2D eigenvalue weighted by molar-refractivity contribution is 5.81. The predicted octanol–water partition coefficient (Wildman–Crippen LogP) is 5.04. The molecule has 0 fully saturated rings. The number of carboxylic acid groups (broad SMARTS) is 1. The minimum absolute atomic E-state index is 0.0271. The number of ether oxygens (including phenoxy) is 1. The standard InChI is InChI=1S/C28H36N2O5/c1-3-9-20(14-15-26(31)30(4-2)18-27(32)33)16-17-29-28(34)35-19-25-23-12-7-5-10-21(23)22-11-6-8-13-24(22)25/h5-8,10-13,20,25H,3-4,9,14-19H2,1-2H3,(H,29,34)(H,32,33). The van der Waals surface area contributed by atoms with Crippen molar-refractivity contribution >= 4 is 18.0 Å². The lowest BCUT2D eigenvalue weighted by atomic mass is 9.94. The molecule has 2 N–H and O–H groups in total. The van der Waals surface area contributed by atoms with Crippen LogP contribution in [-0.4, -0.2) is 54.2 Å². The Bertz CT molecular complexity index is 976. The molecule has 7 nitrogen and oxygen atoms in total. The van der Waals surface area contributed by atoms with Crippen LogP contribution in [0.3, 0.4) is 0 Å². The Morgan fingerprint density at radius 2 is 1.60 bits per heavy atom. The summed E-state index contributed by atoms with van der Waals surface area (Å²) in [4.78, 5) is 37.1. The van der Waals surface area contributed by atoms with Gasteiger partial charge < -0.3 is 20.1 Å². The van der Waals surface area contributed by atoms with Crippen molar-refractivity contribution in [1.82, 2.24) is 10.2 Å². The fourth-order valence-corrected chi connectivity index (χ4v) is 4.89. The molecule has 0 aromatic heterocycles. The zero-order valence-electron chi connectivity index (χ0n) is 20.7. The van der Waals surface area contributed by atoms with Crippen molar-refractivity contribution in [3.63, 3.8) is 0 Å². The molecule has 0 saturated heterocycles. The lowest BCUT2D eigenvalue weighted by Crippen LogP contribution is -2.35. The number of nitrogens with one attached hydrogen (secondary N) is 1. The van der Waals surface area contributed by atoms with Gasteiger partial charge in [-0.3, -0.25) is 9.59 Å². The summed E-state index contributed by atoms with van der Waals surface area (Å²) >= 11 is 0. The summed E-state index contributed by atoms with van der Waals surface area (Å²) in [6.45, 7) is 4.74. The van der Waals surface area contributed by atoms with E-state index in [0.29, 0.717) is 25.9 Å². The van der Waals surface area contributed by atoms with E-state index >= 15 is 0 Å². The third kappa shape index (κ3) is 7.07. The SMILES string of the molecule is CCCC(CCNC(=O)OCC1c2ccccc2-c2ccccc21)CCC(=O)N(CC)CC(=O)O. The number of likely N-dealkylation sites (N-methyl/N-ethyl adjacent to an activating group) is 1. The predicted molar refractivity (Wildman–Crippen MR) is 135 cm³/mol. The summed E-state index contributed by atoms with van der Waals surface area (Å²) in [6, 6.07) is 16.5. The van der Waals surface area contributed by atoms with Crippen LogP contribution in [0.15, 0.2) is 48.5 Å². The van der Waals surface area contributed by atoms with Gasteiger partial charge in [-0.1, -0.05) is 68.3 Å². The lowest BCUT2D eigenvalue weighted by Gasteiger charge is -2.21. The summed E-state index contributed by atoms with van der Waals surface area (Å²) in [5, 5.41) is 11.8. The second kappa shape index (κ2) is 12.9. The van der Waals surface area contributed by atoms with E-state index in [4.69, 9.17) is 9.84 Å². The Morgan fingerprint density at radius 1 is 0.971 bits per heavy atom. The van der Waals surface area contributed by atoms with Gasteiger partial charge >= 0.3 is 12.1 Å². The van der Waals surface area contributed by atoms with Gasteiger partial charge in [0.2, 0.25) is 5.91 Å². The van der Waals surface area contributed by atoms with Crippen LogP contribution in [0.5, 0.6) is 0 Å². The van der Waals surface area contributed by atoms with Gasteiger partial charge in [0.05, 0.1) is 0 Å². The maximum Gasteiger partial charge on any atom is 0.407 e. The normalized spacial score (nSPS) is 13.0. The van der Waals surface area contributed by atoms with Gasteiger partial charge in [-0.2, -0.15) is 0 Å². The number of aliphatic carboxylic acids is 1. The molecule has 0 spiro atoms. The molecule has 0 bridgehead atoms. The van der Waals surface area contributed by atoms with Gasteiger partial charge in [-0.25, -0.2) is 4.79 Å². The summed E-state index contributed by atoms with van der Waals surface area (Å²) in [6.07, 6.45) is 3.24. The number of carbonyl (C=O) groups excluding carboxylic acids is 2. The number of rotatable bonds is 13. The van der Waals surface area contributed by atoms with Crippen molar-refractivity contribution in [1.29, 1.82) is 0 Å². The van der Waals surface area contributed by atoms with Crippen LogP contribution in [-0.2, 0) is 14.3 Å². The van der Waals surface area contributed by atoms with Crippen LogP contribution in [0.1, 0.15) is 63.0 Å². The number of amides is 2. The van der Waals surface area contributed by atoms with E-state index in [-0.39, 0.29) is 30.9 Å². The molecule has 2 amide bonds. The van der Waals surface area contributed by atoms with Crippen molar-refractivity contribution in [3.8, 4) is 11.1 Å². The molecule has 1 aliphatic rings. The largest absolute Gasteiger partial charge is 0.480 e. The highest BCUT2D eigenvalue weighted by Gasteiger charge is 2.29. The van der Waals surface area contributed by atoms with Crippen molar-refractivity contribution in [2.45, 2.75) is 51.9 Å². The fourth-order valence-electron chi connectivity index (χ4n) is 4.89. The molecule has 3 rings (SSSR count). The number of alkyl carbamates (subject to hydrolysis) is 1. The minimum Gasteiger partial charge on any atom is -0.480 e. The third-order valence-corrected chi connectivity index (χ3v) is 6.69. The van der Waals surface area contributed by atoms with E-state index in [9.17, 15) is 14.4 Å². The van der Waals surface area contributed by atoms with Crippen LogP contribution in [0.4, 0.5) is 4.79 Å². The summed E-state index contributed by atoms with van der Waals surface area (Å²) in [5.74, 6) is -0.834. The Kier molecular flexibility index (Phi) is 9.70. The Morgan fingerprint density at radius 3 is 2.17 bits per heavy atom. The molecule has 0 aliphatic heterocycles. The summed E-state index contributed by atoms with van der Waals surface area (Å²) in [7, 11) is 0. The zero-order valence-corrected chi connectivity index (χ0v) is 20.7. The van der Waals surface area contributed by atoms with Crippen LogP contribution < -0.4 is 5.32 Å². The summed E-state index contributed by atoms with van der Waals surface area (Å²) in [5.41, 5.74) is 4.74. The molecule has 2 aromatic rings. The van der Waals surface area contributed by atoms with Gasteiger partial charge in [0.15, 0.2) is 0 Å². The van der Waals surface area contributed by atoms with E-state index in [1.54, 1.807) is 6.92 Å². The Balaban J connectivity index is 1.45. The third-order valence-electron chi connectivity index (χ3n) is 6.69. The van der Waals surface area contributed by atoms with Crippen LogP contribution in [0.25, 0.3) is 11.1 Å². The van der Waals surface area contributed by atoms with Gasteiger partial charge in [0.1, 0.15) is 13.2 Å². The molecule has 0 radical (unpaired) electrons. The number of carboxylic acids is 1. The molecular weight excluding hydrogens is 444 g/mol. The Hall–Kier alpha value is -3.35. The molecule has 1 atom stereocenters. The molecule has 2 aromatic carbocycles. The van der Waals surface area contributed by atoms with Gasteiger partial charge in [0, 0.05) is 25.4 Å². The van der Waals surface area contributed by atoms with Crippen LogP contribution in [0.2, 0.25) is 0 Å². The van der Waals surface area contributed by atoms with Crippen molar-refractivity contribution in [3.05, 3.63) is 59.7 Å². The van der Waals surface area contributed by atoms with Gasteiger partial charge in [0.25, 0.3) is 0 Å². The first-order valence-electron chi connectivity index (χ1n) is 12.5. The number of hydrogen-bond acceptors (Lipinski definition) is 4. The molecule has 0 heterocycles. The lowest BCUT2D eigenvalue weighted by molar-refractivity contribution is -0.144. The molecular formula is C28H36N2O5. The molecule has 0 saturated carbocycles. The second-order valence-corrected chi connectivity index (χ2v) is 9.04. The molecule has 35 heavy (non-hydrogen) atoms. The first-order valence-corrected chi connectivity index (χ1v) is 12.5. The smallest absolute Gasteiger partial charge is 0.407 e. The quantitative estimate of drug-likeness (QED) is 0.418. The topological polar surface area (TPSA) is 95.9 Å².